The van der Waals surface area contributed by atoms with Crippen LogP contribution in [0.2, 0.25) is 0 Å². The Labute approximate surface area is 212 Å². The number of carbonyl (C=O) groups is 1. The van der Waals surface area contributed by atoms with E-state index in [1.54, 1.807) is 24.3 Å². The number of rotatable bonds is 5. The third kappa shape index (κ3) is 4.76. The molecule has 6 nitrogen and oxygen atoms in total. The summed E-state index contributed by atoms with van der Waals surface area (Å²) in [6.07, 6.45) is -1.18. The Morgan fingerprint density at radius 1 is 1.31 bits per heavy atom. The van der Waals surface area contributed by atoms with Gasteiger partial charge in [-0.15, -0.1) is 11.3 Å². The molecule has 3 heterocycles. The minimum atomic E-state index is -4.26. The number of thiophene rings is 1. The zero-order valence-corrected chi connectivity index (χ0v) is 20.8. The number of alkyl halides is 3. The van der Waals surface area contributed by atoms with Gasteiger partial charge in [-0.3, -0.25) is 4.79 Å². The summed E-state index contributed by atoms with van der Waals surface area (Å²) in [5.41, 5.74) is 0.731. The first-order valence-corrected chi connectivity index (χ1v) is 12.7. The van der Waals surface area contributed by atoms with Crippen molar-refractivity contribution >= 4 is 33.3 Å². The van der Waals surface area contributed by atoms with Crippen LogP contribution in [0.5, 0.6) is 0 Å². The quantitative estimate of drug-likeness (QED) is 0.476. The second-order valence-corrected chi connectivity index (χ2v) is 11.6. The van der Waals surface area contributed by atoms with E-state index in [4.69, 9.17) is 0 Å². The van der Waals surface area contributed by atoms with Gasteiger partial charge < -0.3 is 10.2 Å². The molecule has 0 unspecified atom stereocenters. The van der Waals surface area contributed by atoms with Crippen LogP contribution in [0.3, 0.4) is 0 Å². The van der Waals surface area contributed by atoms with Crippen LogP contribution in [-0.2, 0) is 11.8 Å². The van der Waals surface area contributed by atoms with E-state index in [0.29, 0.717) is 21.6 Å². The van der Waals surface area contributed by atoms with Crippen LogP contribution in [-0.4, -0.2) is 41.2 Å². The Morgan fingerprint density at radius 3 is 2.81 bits per heavy atom. The van der Waals surface area contributed by atoms with Gasteiger partial charge in [0.1, 0.15) is 17.0 Å². The average molecular weight is 516 g/mol. The lowest BCUT2D eigenvalue weighted by Gasteiger charge is -2.45. The van der Waals surface area contributed by atoms with Crippen LogP contribution >= 0.6 is 11.3 Å². The van der Waals surface area contributed by atoms with Crippen LogP contribution in [0, 0.1) is 16.7 Å². The van der Waals surface area contributed by atoms with Crippen molar-refractivity contribution in [1.82, 2.24) is 15.3 Å². The van der Waals surface area contributed by atoms with Gasteiger partial charge in [-0.05, 0) is 62.3 Å². The maximum absolute atomic E-state index is 12.9. The standard InChI is InChI=1S/C26H26F3N5OS.H2/c1-24(2,13-30)17-5-3-4-16(8-17)22(35)33-18-10-25(11-18)6-7-34(14-25)21-20-9-19(12-26(27,28)29)36-23(20)32-15-31-21;/h3-5,8-9,15,18H,6-7,10-12,14H2,1-2H3,(H,33,35);1H. The van der Waals surface area contributed by atoms with Crippen molar-refractivity contribution in [2.24, 2.45) is 5.41 Å². The molecular weight excluding hydrogens is 487 g/mol. The fourth-order valence-corrected chi connectivity index (χ4v) is 6.37. The first-order chi connectivity index (χ1) is 17.0. The van der Waals surface area contributed by atoms with Gasteiger partial charge in [-0.25, -0.2) is 9.97 Å². The van der Waals surface area contributed by atoms with E-state index in [9.17, 15) is 23.2 Å². The van der Waals surface area contributed by atoms with Gasteiger partial charge in [0.05, 0.1) is 23.3 Å². The van der Waals surface area contributed by atoms with E-state index in [-0.39, 0.29) is 23.7 Å². The second-order valence-electron chi connectivity index (χ2n) is 10.5. The van der Waals surface area contributed by atoms with Gasteiger partial charge in [-0.2, -0.15) is 18.4 Å². The molecule has 0 radical (unpaired) electrons. The van der Waals surface area contributed by atoms with Crippen LogP contribution in [0.25, 0.3) is 10.2 Å². The number of carbonyl (C=O) groups excluding carboxylic acids is 1. The van der Waals surface area contributed by atoms with Gasteiger partial charge in [-0.1, -0.05) is 12.1 Å². The largest absolute Gasteiger partial charge is 0.393 e. The summed E-state index contributed by atoms with van der Waals surface area (Å²) in [6, 6.07) is 11.1. The highest BCUT2D eigenvalue weighted by Crippen LogP contribution is 2.49. The number of benzene rings is 1. The van der Waals surface area contributed by atoms with Crippen molar-refractivity contribution in [1.29, 1.82) is 5.26 Å². The van der Waals surface area contributed by atoms with Gasteiger partial charge in [0.15, 0.2) is 0 Å². The number of fused-ring (bicyclic) bond motifs is 1. The number of halogens is 3. The average Bonchev–Trinajstić information content (AvgIpc) is 3.41. The summed E-state index contributed by atoms with van der Waals surface area (Å²) >= 11 is 1.06. The van der Waals surface area contributed by atoms with E-state index < -0.39 is 18.0 Å². The zero-order chi connectivity index (χ0) is 25.7. The van der Waals surface area contributed by atoms with Gasteiger partial charge >= 0.3 is 6.18 Å². The second kappa shape index (κ2) is 8.73. The maximum Gasteiger partial charge on any atom is 0.393 e. The number of nitrogens with zero attached hydrogens (tertiary/aromatic N) is 4. The predicted molar refractivity (Wildman–Crippen MR) is 134 cm³/mol. The predicted octanol–water partition coefficient (Wildman–Crippen LogP) is 5.63. The molecule has 3 aromatic rings. The van der Waals surface area contributed by atoms with Crippen molar-refractivity contribution in [3.05, 3.63) is 52.7 Å². The lowest BCUT2D eigenvalue weighted by molar-refractivity contribution is -0.126. The molecular formula is C26H28F3N5OS. The summed E-state index contributed by atoms with van der Waals surface area (Å²) in [5, 5.41) is 13.2. The summed E-state index contributed by atoms with van der Waals surface area (Å²) in [6.45, 7) is 5.17. The third-order valence-corrected chi connectivity index (χ3v) is 8.33. The van der Waals surface area contributed by atoms with E-state index in [0.717, 1.165) is 49.3 Å². The highest BCUT2D eigenvalue weighted by molar-refractivity contribution is 7.18. The summed E-state index contributed by atoms with van der Waals surface area (Å²) in [4.78, 5) is 24.4. The molecule has 2 fully saturated rings. The number of nitrogens with one attached hydrogen (secondary N) is 1. The summed E-state index contributed by atoms with van der Waals surface area (Å²) in [5.74, 6) is 0.541. The molecule has 1 spiro atoms. The molecule has 1 saturated heterocycles. The monoisotopic (exact) mass is 515 g/mol. The summed E-state index contributed by atoms with van der Waals surface area (Å²) in [7, 11) is 0. The van der Waals surface area contributed by atoms with Crippen molar-refractivity contribution in [2.75, 3.05) is 18.0 Å². The lowest BCUT2D eigenvalue weighted by atomic mass is 9.65. The van der Waals surface area contributed by atoms with Crippen LogP contribution < -0.4 is 10.2 Å². The minimum absolute atomic E-state index is 0. The molecule has 2 aliphatic rings. The zero-order valence-electron chi connectivity index (χ0n) is 20.0. The van der Waals surface area contributed by atoms with Gasteiger partial charge in [0.25, 0.3) is 5.91 Å². The van der Waals surface area contributed by atoms with E-state index in [1.807, 2.05) is 19.9 Å². The van der Waals surface area contributed by atoms with Crippen molar-refractivity contribution < 1.29 is 19.4 Å². The molecule has 5 rings (SSSR count). The molecule has 10 heteroatoms. The van der Waals surface area contributed by atoms with E-state index >= 15 is 0 Å². The fraction of sp³-hybridized carbons (Fsp3) is 0.462. The van der Waals surface area contributed by atoms with Gasteiger partial charge in [0.2, 0.25) is 0 Å². The Morgan fingerprint density at radius 2 is 2.08 bits per heavy atom. The SMILES string of the molecule is CC(C)(C#N)c1cccc(C(=O)NC2CC3(CCN(c4ncnc5sc(CC(F)(F)F)cc45)C3)C2)c1.[HH]. The molecule has 1 aliphatic carbocycles. The molecule has 2 aromatic heterocycles. The molecule has 1 amide bonds. The van der Waals surface area contributed by atoms with Gasteiger partial charge in [0, 0.05) is 31.0 Å². The third-order valence-electron chi connectivity index (χ3n) is 7.29. The number of amides is 1. The Balaban J connectivity index is 0.00000320. The van der Waals surface area contributed by atoms with E-state index in [1.165, 1.54) is 6.33 Å². The van der Waals surface area contributed by atoms with Crippen LogP contribution in [0.4, 0.5) is 19.0 Å². The molecule has 0 bridgehead atoms. The normalized spacial score (nSPS) is 22.0. The van der Waals surface area contributed by atoms with Crippen molar-refractivity contribution in [3.8, 4) is 6.07 Å². The highest BCUT2D eigenvalue weighted by Gasteiger charge is 2.49. The first kappa shape index (κ1) is 24.5. The molecule has 1 saturated carbocycles. The fourth-order valence-electron chi connectivity index (χ4n) is 5.35. The summed E-state index contributed by atoms with van der Waals surface area (Å²) < 4.78 is 38.6. The molecule has 190 valence electrons. The minimum Gasteiger partial charge on any atom is -0.355 e. The Kier molecular flexibility index (Phi) is 5.94. The first-order valence-electron chi connectivity index (χ1n) is 11.8. The lowest BCUT2D eigenvalue weighted by Crippen LogP contribution is -2.52. The number of hydrogen-bond acceptors (Lipinski definition) is 6. The number of nitriles is 1. The smallest absolute Gasteiger partial charge is 0.355 e. The van der Waals surface area contributed by atoms with Crippen LogP contribution in [0.15, 0.2) is 36.7 Å². The highest BCUT2D eigenvalue weighted by atomic mass is 32.1. The van der Waals surface area contributed by atoms with Crippen molar-refractivity contribution in [2.45, 2.75) is 57.2 Å². The number of aromatic nitrogens is 2. The van der Waals surface area contributed by atoms with Crippen LogP contribution in [0.1, 0.15) is 55.3 Å². The number of anilines is 1. The number of hydrogen-bond donors (Lipinski definition) is 1. The molecule has 1 aliphatic heterocycles. The Bertz CT molecular complexity index is 1360. The van der Waals surface area contributed by atoms with Crippen molar-refractivity contribution in [3.63, 3.8) is 0 Å². The molecule has 1 aromatic carbocycles. The molecule has 36 heavy (non-hydrogen) atoms. The molecule has 1 N–H and O–H groups in total. The molecule has 0 atom stereocenters. The van der Waals surface area contributed by atoms with E-state index in [2.05, 4.69) is 26.3 Å². The topological polar surface area (TPSA) is 81.9 Å². The maximum atomic E-state index is 12.9. The Hall–Kier alpha value is -3.19.